The zero-order valence-corrected chi connectivity index (χ0v) is 16.8. The number of hydrogen-bond donors (Lipinski definition) is 0. The Bertz CT molecular complexity index is 619. The van der Waals surface area contributed by atoms with Crippen LogP contribution in [0, 0.1) is 0 Å². The molecule has 0 aliphatic heterocycles. The predicted octanol–water partition coefficient (Wildman–Crippen LogP) is 6.73. The molecule has 0 nitrogen and oxygen atoms in total. The van der Waals surface area contributed by atoms with Gasteiger partial charge < -0.3 is 0 Å². The maximum absolute atomic E-state index is 7.53. The smallest absolute Gasteiger partial charge is 0.166 e. The van der Waals surface area contributed by atoms with Gasteiger partial charge in [0, 0.05) is 0 Å². The average molecular weight is 345 g/mol. The van der Waals surface area contributed by atoms with Crippen LogP contribution in [0.25, 0.3) is 0 Å². The molecule has 0 fully saturated rings. The highest BCUT2D eigenvalue weighted by Gasteiger charge is 2.55. The quantitative estimate of drug-likeness (QED) is 0.402. The Morgan fingerprint density at radius 3 is 1.78 bits per heavy atom. The number of rotatable bonds is 6. The van der Waals surface area contributed by atoms with Crippen LogP contribution in [0.4, 0.5) is 0 Å². The molecular weight excluding hydrogens is 316 g/mol. The van der Waals surface area contributed by atoms with Crippen LogP contribution >= 0.6 is 11.1 Å². The van der Waals surface area contributed by atoms with Crippen LogP contribution in [0.2, 0.25) is 11.1 Å². The van der Waals surface area contributed by atoms with Gasteiger partial charge in [-0.3, -0.25) is 0 Å². The van der Waals surface area contributed by atoms with E-state index >= 15 is 0 Å². The molecule has 0 heterocycles. The van der Waals surface area contributed by atoms with Crippen molar-refractivity contribution in [2.75, 3.05) is 0 Å². The highest BCUT2D eigenvalue weighted by molar-refractivity contribution is 7.23. The second-order valence-electron chi connectivity index (χ2n) is 7.69. The lowest BCUT2D eigenvalue weighted by atomic mass is 10.0. The lowest BCUT2D eigenvalue weighted by Gasteiger charge is -2.50. The Hall–Kier alpha value is -1.05. The third-order valence-electron chi connectivity index (χ3n) is 5.53. The van der Waals surface area contributed by atoms with E-state index in [2.05, 4.69) is 95.3 Å². The van der Waals surface area contributed by atoms with Gasteiger partial charge >= 0.3 is 0 Å². The maximum Gasteiger partial charge on any atom is 0.171 e. The largest absolute Gasteiger partial charge is 0.171 e. The van der Waals surface area contributed by atoms with Gasteiger partial charge in [0.2, 0.25) is 0 Å². The number of hydrogen-bond acceptors (Lipinski definition) is 0. The van der Waals surface area contributed by atoms with Gasteiger partial charge in [0.15, 0.2) is 7.38 Å². The van der Waals surface area contributed by atoms with Gasteiger partial charge in [-0.1, -0.05) is 95.3 Å². The van der Waals surface area contributed by atoms with E-state index in [-0.39, 0.29) is 10.1 Å². The van der Waals surface area contributed by atoms with Crippen molar-refractivity contribution in [3.05, 3.63) is 71.8 Å². The third kappa shape index (κ3) is 3.41. The second-order valence-corrected chi connectivity index (χ2v) is 14.5. The first-order valence-corrected chi connectivity index (χ1v) is 11.7. The summed E-state index contributed by atoms with van der Waals surface area (Å²) in [4.78, 5) is 0. The Labute approximate surface area is 147 Å². The molecule has 2 rings (SSSR count). The minimum absolute atomic E-state index is 0.0167. The SMILES string of the molecule is CC[Si](Cl)(C(C)(C)Cc1ccccc1)C(C)(C)c1ccccc1. The zero-order valence-electron chi connectivity index (χ0n) is 15.1. The average Bonchev–Trinajstić information content (AvgIpc) is 2.55. The first kappa shape index (κ1) is 18.3. The van der Waals surface area contributed by atoms with Crippen LogP contribution in [-0.4, -0.2) is 7.38 Å². The zero-order chi connectivity index (χ0) is 17.1. The molecule has 0 bridgehead atoms. The summed E-state index contributed by atoms with van der Waals surface area (Å²) >= 11 is 7.53. The number of benzene rings is 2. The Morgan fingerprint density at radius 1 is 0.826 bits per heavy atom. The predicted molar refractivity (Wildman–Crippen MR) is 106 cm³/mol. The Balaban J connectivity index is 2.42. The van der Waals surface area contributed by atoms with Gasteiger partial charge in [0.1, 0.15) is 0 Å². The van der Waals surface area contributed by atoms with Crippen molar-refractivity contribution in [1.29, 1.82) is 0 Å². The van der Waals surface area contributed by atoms with Crippen molar-refractivity contribution in [3.8, 4) is 0 Å². The minimum atomic E-state index is -2.13. The van der Waals surface area contributed by atoms with Crippen LogP contribution < -0.4 is 0 Å². The van der Waals surface area contributed by atoms with Crippen LogP contribution in [0.3, 0.4) is 0 Å². The molecule has 0 saturated carbocycles. The summed E-state index contributed by atoms with van der Waals surface area (Å²) in [6.07, 6.45) is 1.04. The van der Waals surface area contributed by atoms with E-state index in [0.717, 1.165) is 12.5 Å². The van der Waals surface area contributed by atoms with E-state index in [1.165, 1.54) is 11.1 Å². The summed E-state index contributed by atoms with van der Waals surface area (Å²) in [6.45, 7) is 11.7. The molecule has 0 spiro atoms. The summed E-state index contributed by atoms with van der Waals surface area (Å²) in [5, 5.41) is 0.118. The van der Waals surface area contributed by atoms with Crippen molar-refractivity contribution in [1.82, 2.24) is 0 Å². The van der Waals surface area contributed by atoms with E-state index in [9.17, 15) is 0 Å². The fraction of sp³-hybridized carbons (Fsp3) is 0.429. The van der Waals surface area contributed by atoms with Crippen molar-refractivity contribution >= 4 is 18.5 Å². The lowest BCUT2D eigenvalue weighted by Crippen LogP contribution is -2.55. The third-order valence-corrected chi connectivity index (χ3v) is 14.9. The summed E-state index contributed by atoms with van der Waals surface area (Å²) < 4.78 is 0. The van der Waals surface area contributed by atoms with Crippen LogP contribution in [0.15, 0.2) is 60.7 Å². The summed E-state index contributed by atoms with van der Waals surface area (Å²) in [5.74, 6) is 0. The molecule has 0 aromatic heterocycles. The molecule has 0 saturated heterocycles. The van der Waals surface area contributed by atoms with Crippen LogP contribution in [0.1, 0.15) is 45.7 Å². The van der Waals surface area contributed by atoms with Crippen molar-refractivity contribution in [2.45, 2.75) is 57.2 Å². The normalized spacial score (nSPS) is 15.2. The molecule has 1 unspecified atom stereocenters. The second kappa shape index (κ2) is 6.82. The van der Waals surface area contributed by atoms with Gasteiger partial charge in [-0.25, -0.2) is 0 Å². The van der Waals surface area contributed by atoms with Crippen molar-refractivity contribution in [3.63, 3.8) is 0 Å². The Kier molecular flexibility index (Phi) is 5.43. The molecular formula is C21H29ClSi. The van der Waals surface area contributed by atoms with Gasteiger partial charge in [0.25, 0.3) is 0 Å². The molecule has 0 aliphatic rings. The van der Waals surface area contributed by atoms with E-state index in [4.69, 9.17) is 11.1 Å². The van der Waals surface area contributed by atoms with Crippen LogP contribution in [0.5, 0.6) is 0 Å². The fourth-order valence-corrected chi connectivity index (χ4v) is 9.27. The maximum atomic E-state index is 7.53. The van der Waals surface area contributed by atoms with Gasteiger partial charge in [-0.15, -0.1) is 0 Å². The molecule has 0 radical (unpaired) electrons. The van der Waals surface area contributed by atoms with Gasteiger partial charge in [-0.05, 0) is 33.7 Å². The molecule has 2 aromatic rings. The summed E-state index contributed by atoms with van der Waals surface area (Å²) in [6, 6.07) is 22.6. The van der Waals surface area contributed by atoms with Crippen molar-refractivity contribution < 1.29 is 0 Å². The highest BCUT2D eigenvalue weighted by Crippen LogP contribution is 2.54. The molecule has 23 heavy (non-hydrogen) atoms. The van der Waals surface area contributed by atoms with E-state index in [1.807, 2.05) is 0 Å². The topological polar surface area (TPSA) is 0 Å². The highest BCUT2D eigenvalue weighted by atomic mass is 35.6. The monoisotopic (exact) mass is 344 g/mol. The molecule has 124 valence electrons. The Morgan fingerprint density at radius 2 is 1.30 bits per heavy atom. The lowest BCUT2D eigenvalue weighted by molar-refractivity contribution is 0.582. The number of halogens is 1. The summed E-state index contributed by atoms with van der Waals surface area (Å²) in [7, 11) is -2.13. The van der Waals surface area contributed by atoms with E-state index < -0.39 is 7.38 Å². The molecule has 2 heteroatoms. The standard InChI is InChI=1S/C21H29ClSi/c1-6-23(22,21(4,5)19-15-11-8-12-16-19)20(2,3)17-18-13-9-7-10-14-18/h7-16H,6,17H2,1-5H3. The first-order valence-electron chi connectivity index (χ1n) is 8.53. The van der Waals surface area contributed by atoms with Gasteiger partial charge in [0.05, 0.1) is 0 Å². The first-order chi connectivity index (χ1) is 10.7. The van der Waals surface area contributed by atoms with E-state index in [0.29, 0.717) is 0 Å². The van der Waals surface area contributed by atoms with Crippen molar-refractivity contribution in [2.24, 2.45) is 0 Å². The van der Waals surface area contributed by atoms with E-state index in [1.54, 1.807) is 0 Å². The molecule has 2 aromatic carbocycles. The molecule has 1 atom stereocenters. The molecule has 0 N–H and O–H groups in total. The minimum Gasteiger partial charge on any atom is -0.166 e. The summed E-state index contributed by atoms with van der Waals surface area (Å²) in [5.41, 5.74) is 2.75. The molecule has 0 aliphatic carbocycles. The molecule has 0 amide bonds. The van der Waals surface area contributed by atoms with Crippen LogP contribution in [-0.2, 0) is 11.5 Å². The van der Waals surface area contributed by atoms with Gasteiger partial charge in [-0.2, -0.15) is 11.1 Å². The fourth-order valence-electron chi connectivity index (χ4n) is 4.10.